The summed E-state index contributed by atoms with van der Waals surface area (Å²) in [5, 5.41) is 10.2. The third kappa shape index (κ3) is 6.88. The highest BCUT2D eigenvalue weighted by molar-refractivity contribution is 7.86. The van der Waals surface area contributed by atoms with Crippen LogP contribution in [0.25, 0.3) is 0 Å². The van der Waals surface area contributed by atoms with Gasteiger partial charge in [-0.1, -0.05) is 63.6 Å². The number of para-hydroxylation sites is 1. The van der Waals surface area contributed by atoms with E-state index in [-0.39, 0.29) is 5.75 Å². The van der Waals surface area contributed by atoms with E-state index in [0.29, 0.717) is 12.2 Å². The minimum absolute atomic E-state index is 0.0679. The third-order valence-corrected chi connectivity index (χ3v) is 5.32. The van der Waals surface area contributed by atoms with Crippen molar-refractivity contribution in [3.8, 4) is 17.2 Å². The molecule has 2 aromatic rings. The van der Waals surface area contributed by atoms with Crippen LogP contribution in [-0.2, 0) is 16.5 Å². The zero-order chi connectivity index (χ0) is 19.7. The molecule has 0 aliphatic carbocycles. The molecule has 5 nitrogen and oxygen atoms in total. The molecule has 0 radical (unpaired) electrons. The van der Waals surface area contributed by atoms with Gasteiger partial charge < -0.3 is 9.84 Å². The molecular weight excluding hydrogens is 364 g/mol. The molecule has 0 heterocycles. The minimum atomic E-state index is -4.61. The molecule has 0 aromatic heterocycles. The fraction of sp³-hybridized carbons (Fsp3) is 0.429. The standard InChI is InChI=1S/C21H28O5S/c1-2-3-4-5-6-7-9-12-17-15-19(22)21(27(23,24)25)20(16-17)26-18-13-10-8-11-14-18/h8,10-11,13-16,22H,2-7,9,12H2,1H3,(H,23,24,25). The van der Waals surface area contributed by atoms with Gasteiger partial charge in [-0.15, -0.1) is 0 Å². The van der Waals surface area contributed by atoms with Gasteiger partial charge in [0.15, 0.2) is 10.6 Å². The quantitative estimate of drug-likeness (QED) is 0.377. The number of benzene rings is 2. The van der Waals surface area contributed by atoms with E-state index in [1.54, 1.807) is 30.3 Å². The Kier molecular flexibility index (Phi) is 8.13. The Balaban J connectivity index is 2.11. The number of hydrogen-bond acceptors (Lipinski definition) is 4. The maximum Gasteiger partial charge on any atom is 0.301 e. The molecule has 0 amide bonds. The molecule has 0 atom stereocenters. The number of rotatable bonds is 11. The van der Waals surface area contributed by atoms with Gasteiger partial charge in [0.05, 0.1) is 0 Å². The number of aromatic hydroxyl groups is 1. The Morgan fingerprint density at radius 3 is 2.19 bits per heavy atom. The van der Waals surface area contributed by atoms with E-state index in [4.69, 9.17) is 4.74 Å². The van der Waals surface area contributed by atoms with E-state index < -0.39 is 20.8 Å². The van der Waals surface area contributed by atoms with Crippen LogP contribution >= 0.6 is 0 Å². The van der Waals surface area contributed by atoms with Crippen LogP contribution in [0.4, 0.5) is 0 Å². The monoisotopic (exact) mass is 392 g/mol. The van der Waals surface area contributed by atoms with Crippen LogP contribution in [0.5, 0.6) is 17.2 Å². The summed E-state index contributed by atoms with van der Waals surface area (Å²) in [4.78, 5) is -0.602. The van der Waals surface area contributed by atoms with Crippen LogP contribution in [0.1, 0.15) is 57.4 Å². The smallest absolute Gasteiger partial charge is 0.301 e. The summed E-state index contributed by atoms with van der Waals surface area (Å²) in [5.74, 6) is -0.139. The van der Waals surface area contributed by atoms with Gasteiger partial charge in [-0.3, -0.25) is 4.55 Å². The van der Waals surface area contributed by atoms with Crippen LogP contribution in [0.15, 0.2) is 47.4 Å². The molecular formula is C21H28O5S. The topological polar surface area (TPSA) is 83.8 Å². The van der Waals surface area contributed by atoms with Crippen LogP contribution < -0.4 is 4.74 Å². The average Bonchev–Trinajstić information content (AvgIpc) is 2.60. The van der Waals surface area contributed by atoms with E-state index in [1.807, 2.05) is 6.07 Å². The van der Waals surface area contributed by atoms with Gasteiger partial charge in [0.25, 0.3) is 0 Å². The van der Waals surface area contributed by atoms with E-state index in [2.05, 4.69) is 6.92 Å². The normalized spacial score (nSPS) is 11.5. The lowest BCUT2D eigenvalue weighted by atomic mass is 10.0. The van der Waals surface area contributed by atoms with E-state index in [9.17, 15) is 18.1 Å². The maximum atomic E-state index is 11.7. The molecule has 2 N–H and O–H groups in total. The summed E-state index contributed by atoms with van der Waals surface area (Å²) < 4.78 is 38.5. The van der Waals surface area contributed by atoms with Gasteiger partial charge in [0.1, 0.15) is 11.5 Å². The fourth-order valence-corrected chi connectivity index (χ4v) is 3.70. The minimum Gasteiger partial charge on any atom is -0.506 e. The first-order chi connectivity index (χ1) is 12.9. The van der Waals surface area contributed by atoms with E-state index >= 15 is 0 Å². The molecule has 0 bridgehead atoms. The van der Waals surface area contributed by atoms with Crippen LogP contribution in [0.3, 0.4) is 0 Å². The van der Waals surface area contributed by atoms with Crippen molar-refractivity contribution < 1.29 is 22.8 Å². The first kappa shape index (κ1) is 21.3. The fourth-order valence-electron chi connectivity index (χ4n) is 3.02. The number of phenols is 1. The molecule has 0 unspecified atom stereocenters. The van der Waals surface area contributed by atoms with Gasteiger partial charge in [-0.05, 0) is 42.7 Å². The number of phenolic OH excluding ortho intramolecular Hbond substituents is 1. The lowest BCUT2D eigenvalue weighted by Crippen LogP contribution is -2.03. The van der Waals surface area contributed by atoms with Crippen LogP contribution in [0, 0.1) is 0 Å². The van der Waals surface area contributed by atoms with Gasteiger partial charge in [-0.25, -0.2) is 0 Å². The molecule has 0 spiro atoms. The summed E-state index contributed by atoms with van der Waals surface area (Å²) in [6.45, 7) is 2.19. The SMILES string of the molecule is CCCCCCCCCc1cc(O)c(S(=O)(=O)O)c(Oc2ccccc2)c1. The summed E-state index contributed by atoms with van der Waals surface area (Å²) >= 11 is 0. The molecule has 0 aliphatic heterocycles. The first-order valence-electron chi connectivity index (χ1n) is 9.48. The number of aryl methyl sites for hydroxylation is 1. The van der Waals surface area contributed by atoms with Crippen molar-refractivity contribution in [3.63, 3.8) is 0 Å². The summed E-state index contributed by atoms with van der Waals surface area (Å²) in [5.41, 5.74) is 0.777. The summed E-state index contributed by atoms with van der Waals surface area (Å²) in [6, 6.07) is 11.6. The molecule has 2 aromatic carbocycles. The van der Waals surface area contributed by atoms with E-state index in [1.165, 1.54) is 38.2 Å². The molecule has 2 rings (SSSR count). The first-order valence-corrected chi connectivity index (χ1v) is 10.9. The Labute approximate surface area is 161 Å². The Hall–Kier alpha value is -2.05. The van der Waals surface area contributed by atoms with Gasteiger partial charge in [-0.2, -0.15) is 8.42 Å². The number of ether oxygens (including phenoxy) is 1. The predicted molar refractivity (Wildman–Crippen MR) is 106 cm³/mol. The zero-order valence-corrected chi connectivity index (χ0v) is 16.5. The van der Waals surface area contributed by atoms with Gasteiger partial charge in [0, 0.05) is 0 Å². The second kappa shape index (κ2) is 10.3. The van der Waals surface area contributed by atoms with Crippen molar-refractivity contribution in [3.05, 3.63) is 48.0 Å². The van der Waals surface area contributed by atoms with Gasteiger partial charge >= 0.3 is 10.1 Å². The maximum absolute atomic E-state index is 11.7. The van der Waals surface area contributed by atoms with Crippen LogP contribution in [-0.4, -0.2) is 18.1 Å². The summed E-state index contributed by atoms with van der Waals surface area (Å²) in [6.07, 6.45) is 8.88. The van der Waals surface area contributed by atoms with Crippen molar-refractivity contribution >= 4 is 10.1 Å². The second-order valence-electron chi connectivity index (χ2n) is 6.70. The third-order valence-electron chi connectivity index (χ3n) is 4.39. The molecule has 0 saturated carbocycles. The number of unbranched alkanes of at least 4 members (excludes halogenated alkanes) is 6. The molecule has 148 valence electrons. The van der Waals surface area contributed by atoms with Crippen molar-refractivity contribution in [2.45, 2.75) is 63.2 Å². The molecule has 27 heavy (non-hydrogen) atoms. The Bertz CT molecular complexity index is 816. The zero-order valence-electron chi connectivity index (χ0n) is 15.7. The van der Waals surface area contributed by atoms with E-state index in [0.717, 1.165) is 18.4 Å². The van der Waals surface area contributed by atoms with Crippen LogP contribution in [0.2, 0.25) is 0 Å². The largest absolute Gasteiger partial charge is 0.506 e. The Morgan fingerprint density at radius 1 is 0.926 bits per heavy atom. The number of hydrogen-bond donors (Lipinski definition) is 2. The van der Waals surface area contributed by atoms with Crippen molar-refractivity contribution in [2.75, 3.05) is 0 Å². The van der Waals surface area contributed by atoms with Crippen molar-refractivity contribution in [1.29, 1.82) is 0 Å². The van der Waals surface area contributed by atoms with Crippen molar-refractivity contribution in [1.82, 2.24) is 0 Å². The molecule has 0 aliphatic rings. The van der Waals surface area contributed by atoms with Gasteiger partial charge in [0.2, 0.25) is 0 Å². The highest BCUT2D eigenvalue weighted by atomic mass is 32.2. The van der Waals surface area contributed by atoms with Crippen molar-refractivity contribution in [2.24, 2.45) is 0 Å². The molecule has 0 saturated heterocycles. The molecule has 6 heteroatoms. The second-order valence-corrected chi connectivity index (χ2v) is 8.06. The predicted octanol–water partition coefficient (Wildman–Crippen LogP) is 5.72. The molecule has 0 fully saturated rings. The highest BCUT2D eigenvalue weighted by Crippen LogP contribution is 2.37. The Morgan fingerprint density at radius 2 is 1.56 bits per heavy atom. The average molecular weight is 393 g/mol. The lowest BCUT2D eigenvalue weighted by molar-refractivity contribution is 0.414. The summed E-state index contributed by atoms with van der Waals surface area (Å²) in [7, 11) is -4.61. The lowest BCUT2D eigenvalue weighted by Gasteiger charge is -2.13. The highest BCUT2D eigenvalue weighted by Gasteiger charge is 2.23.